The monoisotopic (exact) mass is 464 g/mol. The quantitative estimate of drug-likeness (QED) is 0.183. The third kappa shape index (κ3) is 6.84. The standard InChI is InChI=1S/C29H28N4O2/c34-28(32-30-20-24-14-8-12-22-10-4-6-16-26(22)24)18-2-1-3-19-29(35)33-31-21-25-15-9-13-23-11-5-7-17-27(23)25/h4-17,20-21H,1-3,18-19H2,(H,32,34)(H,33,35). The normalized spacial score (nSPS) is 11.4. The van der Waals surface area contributed by atoms with Crippen LogP contribution in [0.4, 0.5) is 0 Å². The molecule has 176 valence electrons. The van der Waals surface area contributed by atoms with Crippen molar-refractivity contribution in [2.24, 2.45) is 10.2 Å². The van der Waals surface area contributed by atoms with Gasteiger partial charge in [-0.2, -0.15) is 10.2 Å². The van der Waals surface area contributed by atoms with Crippen molar-refractivity contribution in [2.75, 3.05) is 0 Å². The summed E-state index contributed by atoms with van der Waals surface area (Å²) in [5.74, 6) is -0.267. The lowest BCUT2D eigenvalue weighted by molar-refractivity contribution is -0.121. The zero-order chi connectivity index (χ0) is 24.3. The molecule has 0 saturated carbocycles. The molecule has 0 radical (unpaired) electrons. The first-order valence-corrected chi connectivity index (χ1v) is 11.8. The Morgan fingerprint density at radius 1 is 0.571 bits per heavy atom. The first-order valence-electron chi connectivity index (χ1n) is 11.8. The summed E-state index contributed by atoms with van der Waals surface area (Å²) in [6.45, 7) is 0. The highest BCUT2D eigenvalue weighted by Crippen LogP contribution is 2.17. The summed E-state index contributed by atoms with van der Waals surface area (Å²) >= 11 is 0. The van der Waals surface area contributed by atoms with Crippen molar-refractivity contribution in [3.05, 3.63) is 96.1 Å². The number of hydrogen-bond donors (Lipinski definition) is 2. The molecule has 6 heteroatoms. The lowest BCUT2D eigenvalue weighted by Gasteiger charge is -2.03. The fourth-order valence-electron chi connectivity index (χ4n) is 3.93. The summed E-state index contributed by atoms with van der Waals surface area (Å²) in [5.41, 5.74) is 7.08. The van der Waals surface area contributed by atoms with Gasteiger partial charge < -0.3 is 0 Å². The van der Waals surface area contributed by atoms with Crippen LogP contribution in [0.1, 0.15) is 43.2 Å². The summed E-state index contributed by atoms with van der Waals surface area (Å²) in [4.78, 5) is 24.1. The maximum atomic E-state index is 12.0. The van der Waals surface area contributed by atoms with Crippen LogP contribution in [0.15, 0.2) is 95.1 Å². The molecule has 35 heavy (non-hydrogen) atoms. The van der Waals surface area contributed by atoms with Crippen molar-refractivity contribution >= 4 is 45.8 Å². The molecule has 6 nitrogen and oxygen atoms in total. The summed E-state index contributed by atoms with van der Waals surface area (Å²) in [7, 11) is 0. The number of nitrogens with zero attached hydrogens (tertiary/aromatic N) is 2. The SMILES string of the molecule is O=C(CCCCCC(=O)NN=Cc1cccc2ccccc12)NN=Cc1cccc2ccccc12. The highest BCUT2D eigenvalue weighted by molar-refractivity contribution is 6.00. The van der Waals surface area contributed by atoms with Crippen LogP contribution < -0.4 is 10.9 Å². The van der Waals surface area contributed by atoms with E-state index in [-0.39, 0.29) is 11.8 Å². The zero-order valence-corrected chi connectivity index (χ0v) is 19.5. The lowest BCUT2D eigenvalue weighted by Crippen LogP contribution is -2.18. The fourth-order valence-corrected chi connectivity index (χ4v) is 3.93. The molecule has 4 rings (SSSR count). The molecule has 0 aliphatic carbocycles. The predicted molar refractivity (Wildman–Crippen MR) is 142 cm³/mol. The Morgan fingerprint density at radius 3 is 1.49 bits per heavy atom. The minimum absolute atomic E-state index is 0.134. The first-order chi connectivity index (χ1) is 17.2. The van der Waals surface area contributed by atoms with E-state index in [9.17, 15) is 9.59 Å². The minimum Gasteiger partial charge on any atom is -0.273 e. The van der Waals surface area contributed by atoms with E-state index in [4.69, 9.17) is 0 Å². The highest BCUT2D eigenvalue weighted by atomic mass is 16.2. The van der Waals surface area contributed by atoms with Crippen molar-refractivity contribution in [2.45, 2.75) is 32.1 Å². The van der Waals surface area contributed by atoms with Gasteiger partial charge in [0.25, 0.3) is 0 Å². The smallest absolute Gasteiger partial charge is 0.240 e. The number of fused-ring (bicyclic) bond motifs is 2. The van der Waals surface area contributed by atoms with Crippen LogP contribution in [-0.2, 0) is 9.59 Å². The van der Waals surface area contributed by atoms with Gasteiger partial charge in [0, 0.05) is 24.0 Å². The van der Waals surface area contributed by atoms with Crippen LogP contribution in [0.2, 0.25) is 0 Å². The van der Waals surface area contributed by atoms with Crippen molar-refractivity contribution in [3.8, 4) is 0 Å². The molecule has 0 bridgehead atoms. The molecule has 2 amide bonds. The van der Waals surface area contributed by atoms with Gasteiger partial charge in [-0.15, -0.1) is 0 Å². The average molecular weight is 465 g/mol. The summed E-state index contributed by atoms with van der Waals surface area (Å²) < 4.78 is 0. The van der Waals surface area contributed by atoms with E-state index in [1.165, 1.54) is 0 Å². The molecule has 0 unspecified atom stereocenters. The topological polar surface area (TPSA) is 82.9 Å². The van der Waals surface area contributed by atoms with Gasteiger partial charge in [-0.25, -0.2) is 10.9 Å². The number of amides is 2. The van der Waals surface area contributed by atoms with Crippen LogP contribution in [0.5, 0.6) is 0 Å². The van der Waals surface area contributed by atoms with E-state index in [0.717, 1.165) is 39.1 Å². The van der Waals surface area contributed by atoms with E-state index >= 15 is 0 Å². The molecular weight excluding hydrogens is 436 g/mol. The van der Waals surface area contributed by atoms with Gasteiger partial charge in [-0.1, -0.05) is 91.3 Å². The largest absolute Gasteiger partial charge is 0.273 e. The van der Waals surface area contributed by atoms with E-state index in [0.29, 0.717) is 25.7 Å². The molecule has 0 aromatic heterocycles. The molecule has 0 atom stereocenters. The van der Waals surface area contributed by atoms with Crippen LogP contribution in [0.3, 0.4) is 0 Å². The Kier molecular flexibility index (Phi) is 8.32. The first kappa shape index (κ1) is 23.8. The molecule has 0 aliphatic rings. The zero-order valence-electron chi connectivity index (χ0n) is 19.5. The highest BCUT2D eigenvalue weighted by Gasteiger charge is 2.03. The molecule has 4 aromatic carbocycles. The van der Waals surface area contributed by atoms with Crippen molar-refractivity contribution < 1.29 is 9.59 Å². The third-order valence-corrected chi connectivity index (χ3v) is 5.74. The number of nitrogens with one attached hydrogen (secondary N) is 2. The maximum absolute atomic E-state index is 12.0. The van der Waals surface area contributed by atoms with Gasteiger partial charge in [0.2, 0.25) is 11.8 Å². The molecule has 0 spiro atoms. The van der Waals surface area contributed by atoms with Crippen LogP contribution in [0, 0.1) is 0 Å². The Balaban J connectivity index is 1.12. The van der Waals surface area contributed by atoms with Gasteiger partial charge in [0.15, 0.2) is 0 Å². The van der Waals surface area contributed by atoms with Crippen molar-refractivity contribution in [3.63, 3.8) is 0 Å². The Hall–Kier alpha value is -4.32. The number of rotatable bonds is 10. The van der Waals surface area contributed by atoms with E-state index in [1.807, 2.05) is 84.9 Å². The van der Waals surface area contributed by atoms with Gasteiger partial charge >= 0.3 is 0 Å². The number of hydrogen-bond acceptors (Lipinski definition) is 4. The van der Waals surface area contributed by atoms with Gasteiger partial charge in [-0.3, -0.25) is 9.59 Å². The summed E-state index contributed by atoms with van der Waals surface area (Å²) in [6.07, 6.45) is 6.25. The summed E-state index contributed by atoms with van der Waals surface area (Å²) in [6, 6.07) is 28.1. The lowest BCUT2D eigenvalue weighted by atomic mass is 10.1. The molecule has 0 fully saturated rings. The van der Waals surface area contributed by atoms with Crippen LogP contribution in [0.25, 0.3) is 21.5 Å². The van der Waals surface area contributed by atoms with Crippen molar-refractivity contribution in [1.82, 2.24) is 10.9 Å². The van der Waals surface area contributed by atoms with Crippen LogP contribution in [-0.4, -0.2) is 24.2 Å². The fraction of sp³-hybridized carbons (Fsp3) is 0.172. The molecule has 2 N–H and O–H groups in total. The second-order valence-electron chi connectivity index (χ2n) is 8.28. The minimum atomic E-state index is -0.134. The number of unbranched alkanes of at least 4 members (excludes halogenated alkanes) is 2. The predicted octanol–water partition coefficient (Wildman–Crippen LogP) is 5.54. The van der Waals surface area contributed by atoms with E-state index < -0.39 is 0 Å². The molecule has 0 heterocycles. The Labute approximate surface area is 204 Å². The number of carbonyl (C=O) groups is 2. The summed E-state index contributed by atoms with van der Waals surface area (Å²) in [5, 5.41) is 12.6. The second-order valence-corrected chi connectivity index (χ2v) is 8.28. The van der Waals surface area contributed by atoms with E-state index in [1.54, 1.807) is 12.4 Å². The number of hydrazone groups is 2. The van der Waals surface area contributed by atoms with Crippen molar-refractivity contribution in [1.29, 1.82) is 0 Å². The molecular formula is C29H28N4O2. The van der Waals surface area contributed by atoms with E-state index in [2.05, 4.69) is 21.1 Å². The second kappa shape index (κ2) is 12.2. The van der Waals surface area contributed by atoms with Crippen LogP contribution >= 0.6 is 0 Å². The van der Waals surface area contributed by atoms with Gasteiger partial charge in [-0.05, 0) is 34.4 Å². The van der Waals surface area contributed by atoms with Gasteiger partial charge in [0.05, 0.1) is 12.4 Å². The average Bonchev–Trinajstić information content (AvgIpc) is 2.89. The molecule has 0 aliphatic heterocycles. The third-order valence-electron chi connectivity index (χ3n) is 5.74. The molecule has 4 aromatic rings. The Bertz CT molecular complexity index is 1260. The van der Waals surface area contributed by atoms with Gasteiger partial charge in [0.1, 0.15) is 0 Å². The molecule has 0 saturated heterocycles. The Morgan fingerprint density at radius 2 is 1.00 bits per heavy atom. The number of carbonyl (C=O) groups excluding carboxylic acids is 2. The maximum Gasteiger partial charge on any atom is 0.240 e. The number of benzene rings is 4.